The number of carbonyl (C=O) groups excluding carboxylic acids is 2. The molecule has 24 heavy (non-hydrogen) atoms. The predicted octanol–water partition coefficient (Wildman–Crippen LogP) is 3.90. The number of ether oxygens (including phenoxy) is 2. The van der Waals surface area contributed by atoms with Gasteiger partial charge in [0.05, 0.1) is 8.95 Å². The topological polar surface area (TPSA) is 77.5 Å². The Morgan fingerprint density at radius 3 is 2.71 bits per heavy atom. The minimum Gasteiger partial charge on any atom is -0.448 e. The first-order valence-corrected chi connectivity index (χ1v) is 8.36. The molecule has 1 aliphatic heterocycles. The van der Waals surface area contributed by atoms with Gasteiger partial charge in [0.2, 0.25) is 0 Å². The van der Waals surface area contributed by atoms with Crippen molar-refractivity contribution >= 4 is 55.6 Å². The molecular weight excluding hydrogens is 444 g/mol. The van der Waals surface area contributed by atoms with Gasteiger partial charge in [0.25, 0.3) is 5.91 Å². The Bertz CT molecular complexity index is 857. The summed E-state index contributed by atoms with van der Waals surface area (Å²) in [4.78, 5) is 27.3. The van der Waals surface area contributed by atoms with Crippen LogP contribution in [-0.4, -0.2) is 16.9 Å². The number of carbonyl (C=O) groups is 2. The van der Waals surface area contributed by atoms with Crippen molar-refractivity contribution in [1.29, 1.82) is 0 Å². The number of hydrogen-bond acceptors (Lipinski definition) is 5. The maximum absolute atomic E-state index is 12.1. The number of halogens is 2. The zero-order valence-electron chi connectivity index (χ0n) is 12.3. The van der Waals surface area contributed by atoms with E-state index in [4.69, 9.17) is 9.47 Å². The van der Waals surface area contributed by atoms with E-state index in [2.05, 4.69) is 42.2 Å². The lowest BCUT2D eigenvalue weighted by Gasteiger charge is -2.18. The normalized spacial score (nSPS) is 14.6. The smallest absolute Gasteiger partial charge is 0.308 e. The Hall–Kier alpha value is -2.19. The number of pyridine rings is 1. The van der Waals surface area contributed by atoms with E-state index in [9.17, 15) is 9.59 Å². The molecule has 1 amide bonds. The summed E-state index contributed by atoms with van der Waals surface area (Å²) in [7, 11) is 0. The third kappa shape index (κ3) is 3.49. The maximum atomic E-state index is 12.1. The van der Waals surface area contributed by atoms with Crippen molar-refractivity contribution in [2.45, 2.75) is 6.92 Å². The predicted molar refractivity (Wildman–Crippen MR) is 94.6 cm³/mol. The Morgan fingerprint density at radius 1 is 1.33 bits per heavy atom. The van der Waals surface area contributed by atoms with Crippen LogP contribution in [0.1, 0.15) is 12.5 Å². The maximum Gasteiger partial charge on any atom is 0.308 e. The first-order valence-electron chi connectivity index (χ1n) is 6.77. The monoisotopic (exact) mass is 452 g/mol. The zero-order chi connectivity index (χ0) is 17.3. The van der Waals surface area contributed by atoms with Gasteiger partial charge < -0.3 is 14.8 Å². The lowest BCUT2D eigenvalue weighted by Crippen LogP contribution is -2.24. The van der Waals surface area contributed by atoms with Gasteiger partial charge in [-0.2, -0.15) is 0 Å². The van der Waals surface area contributed by atoms with Crippen LogP contribution in [0.25, 0.3) is 6.08 Å². The summed E-state index contributed by atoms with van der Waals surface area (Å²) in [6, 6.07) is 6.86. The number of amides is 1. The highest BCUT2D eigenvalue weighted by atomic mass is 79.9. The van der Waals surface area contributed by atoms with Crippen LogP contribution in [0.2, 0.25) is 0 Å². The molecule has 1 N–H and O–H groups in total. The Labute approximate surface area is 154 Å². The van der Waals surface area contributed by atoms with Crippen LogP contribution in [0.5, 0.6) is 11.5 Å². The molecule has 3 rings (SSSR count). The molecule has 0 saturated carbocycles. The van der Waals surface area contributed by atoms with Gasteiger partial charge in [-0.3, -0.25) is 9.59 Å². The molecule has 2 heterocycles. The summed E-state index contributed by atoms with van der Waals surface area (Å²) in [5.74, 6) is 0.534. The molecule has 122 valence electrons. The average molecular weight is 454 g/mol. The molecule has 8 heteroatoms. The van der Waals surface area contributed by atoms with Gasteiger partial charge >= 0.3 is 5.97 Å². The molecule has 0 bridgehead atoms. The molecule has 0 saturated heterocycles. The summed E-state index contributed by atoms with van der Waals surface area (Å²) in [5.41, 5.74) is 0.683. The number of benzene rings is 1. The molecule has 0 aliphatic carbocycles. The van der Waals surface area contributed by atoms with Crippen LogP contribution in [0.3, 0.4) is 0 Å². The third-order valence-corrected chi connectivity index (χ3v) is 4.19. The van der Waals surface area contributed by atoms with E-state index in [1.54, 1.807) is 36.5 Å². The van der Waals surface area contributed by atoms with Crippen molar-refractivity contribution in [1.82, 2.24) is 4.98 Å². The molecule has 0 fully saturated rings. The minimum atomic E-state index is -0.429. The summed E-state index contributed by atoms with van der Waals surface area (Å²) in [6.07, 6.45) is 3.15. The third-order valence-electron chi connectivity index (χ3n) is 3.01. The zero-order valence-corrected chi connectivity index (χ0v) is 15.5. The molecule has 6 nitrogen and oxygen atoms in total. The number of nitrogens with zero attached hydrogens (tertiary/aromatic N) is 1. The van der Waals surface area contributed by atoms with E-state index in [-0.39, 0.29) is 5.76 Å². The van der Waals surface area contributed by atoms with Crippen molar-refractivity contribution in [2.75, 3.05) is 5.32 Å². The van der Waals surface area contributed by atoms with Gasteiger partial charge in [-0.05, 0) is 67.8 Å². The Balaban J connectivity index is 1.94. The lowest BCUT2D eigenvalue weighted by molar-refractivity contribution is -0.132. The highest BCUT2D eigenvalue weighted by Crippen LogP contribution is 2.36. The van der Waals surface area contributed by atoms with Crippen LogP contribution >= 0.6 is 31.9 Å². The van der Waals surface area contributed by atoms with E-state index >= 15 is 0 Å². The second kappa shape index (κ2) is 6.74. The molecule has 1 aromatic heterocycles. The van der Waals surface area contributed by atoms with E-state index in [0.717, 1.165) is 0 Å². The summed E-state index contributed by atoms with van der Waals surface area (Å²) >= 11 is 6.69. The lowest BCUT2D eigenvalue weighted by atomic mass is 10.2. The number of hydrogen-bond donors (Lipinski definition) is 1. The number of nitrogens with one attached hydrogen (secondary N) is 1. The van der Waals surface area contributed by atoms with E-state index < -0.39 is 11.9 Å². The van der Waals surface area contributed by atoms with Crippen molar-refractivity contribution < 1.29 is 19.1 Å². The number of rotatable bonds is 2. The molecule has 0 atom stereocenters. The van der Waals surface area contributed by atoms with Gasteiger partial charge in [0.1, 0.15) is 0 Å². The summed E-state index contributed by atoms with van der Waals surface area (Å²) in [5, 5.41) is 2.66. The molecule has 2 aromatic rings. The molecule has 0 unspecified atom stereocenters. The quantitative estimate of drug-likeness (QED) is 0.423. The number of fused-ring (bicyclic) bond motifs is 1. The fourth-order valence-corrected chi connectivity index (χ4v) is 3.43. The van der Waals surface area contributed by atoms with Crippen molar-refractivity contribution in [3.63, 3.8) is 0 Å². The molecule has 1 aliphatic rings. The molecular formula is C16H10Br2N2O4. The fourth-order valence-electron chi connectivity index (χ4n) is 2.05. The van der Waals surface area contributed by atoms with E-state index in [0.29, 0.717) is 31.8 Å². The van der Waals surface area contributed by atoms with Crippen LogP contribution in [0.4, 0.5) is 5.82 Å². The van der Waals surface area contributed by atoms with Crippen molar-refractivity contribution in [3.05, 3.63) is 50.7 Å². The van der Waals surface area contributed by atoms with Gasteiger partial charge in [-0.25, -0.2) is 4.98 Å². The Morgan fingerprint density at radius 2 is 2.04 bits per heavy atom. The van der Waals surface area contributed by atoms with Crippen LogP contribution < -0.4 is 14.8 Å². The molecule has 0 radical (unpaired) electrons. The van der Waals surface area contributed by atoms with Gasteiger partial charge in [0.15, 0.2) is 23.1 Å². The van der Waals surface area contributed by atoms with Gasteiger partial charge in [-0.1, -0.05) is 0 Å². The minimum absolute atomic E-state index is 0.134. The summed E-state index contributed by atoms with van der Waals surface area (Å²) < 4.78 is 11.8. The van der Waals surface area contributed by atoms with Gasteiger partial charge in [0, 0.05) is 13.1 Å². The second-order valence-electron chi connectivity index (χ2n) is 4.82. The first-order chi connectivity index (χ1) is 11.4. The highest BCUT2D eigenvalue weighted by molar-refractivity contribution is 9.11. The van der Waals surface area contributed by atoms with Crippen molar-refractivity contribution in [2.24, 2.45) is 0 Å². The van der Waals surface area contributed by atoms with Crippen molar-refractivity contribution in [3.8, 4) is 11.5 Å². The van der Waals surface area contributed by atoms with E-state index in [1.807, 2.05) is 0 Å². The highest BCUT2D eigenvalue weighted by Gasteiger charge is 2.23. The largest absolute Gasteiger partial charge is 0.448 e. The number of anilines is 1. The standard InChI is InChI=1S/C16H10Br2N2O4/c1-8(21)23-14-10(17)5-9(6-11(14)18)7-13-16(22)20-15-12(24-13)3-2-4-19-15/h2-7H,1H3,(H,19,20,22)/b13-7+. The van der Waals surface area contributed by atoms with Crippen LogP contribution in [0.15, 0.2) is 45.2 Å². The molecule has 1 aromatic carbocycles. The van der Waals surface area contributed by atoms with Crippen LogP contribution in [0, 0.1) is 0 Å². The van der Waals surface area contributed by atoms with Gasteiger partial charge in [-0.15, -0.1) is 0 Å². The van der Waals surface area contributed by atoms with Crippen LogP contribution in [-0.2, 0) is 9.59 Å². The number of esters is 1. The molecule has 0 spiro atoms. The second-order valence-corrected chi connectivity index (χ2v) is 6.53. The fraction of sp³-hybridized carbons (Fsp3) is 0.0625. The SMILES string of the molecule is CC(=O)Oc1c(Br)cc(/C=C2/Oc3cccnc3NC2=O)cc1Br. The Kier molecular flexibility index (Phi) is 4.68. The van der Waals surface area contributed by atoms with E-state index in [1.165, 1.54) is 6.92 Å². The summed E-state index contributed by atoms with van der Waals surface area (Å²) in [6.45, 7) is 1.32. The average Bonchev–Trinajstić information content (AvgIpc) is 2.51. The first kappa shape index (κ1) is 16.7. The number of aromatic nitrogens is 1.